The first-order valence-corrected chi connectivity index (χ1v) is 11.4. The second-order valence-electron chi connectivity index (χ2n) is 8.67. The van der Waals surface area contributed by atoms with Crippen molar-refractivity contribution in [3.63, 3.8) is 0 Å². The number of ether oxygens (including phenoxy) is 2. The van der Waals surface area contributed by atoms with Crippen molar-refractivity contribution < 1.29 is 19.1 Å². The molecule has 0 unspecified atom stereocenters. The molecule has 0 aromatic carbocycles. The van der Waals surface area contributed by atoms with Gasteiger partial charge in [-0.2, -0.15) is 5.10 Å². The smallest absolute Gasteiger partial charge is 0.341 e. The second-order valence-corrected chi connectivity index (χ2v) is 8.67. The number of carbonyl (C=O) groups excluding carboxylic acids is 2. The zero-order valence-electron chi connectivity index (χ0n) is 18.9. The molecule has 0 atom stereocenters. The summed E-state index contributed by atoms with van der Waals surface area (Å²) in [6, 6.07) is 0. The average Bonchev–Trinajstić information content (AvgIpc) is 3.08. The minimum Gasteiger partial charge on any atom is -0.462 e. The normalized spacial score (nSPS) is 17.5. The van der Waals surface area contributed by atoms with Crippen LogP contribution in [0.2, 0.25) is 0 Å². The van der Waals surface area contributed by atoms with Crippen LogP contribution in [0.25, 0.3) is 0 Å². The van der Waals surface area contributed by atoms with Gasteiger partial charge in [-0.1, -0.05) is 0 Å². The SMILES string of the molecule is CCn1nc(CCCCOC(=O)c2cnc(C)nc2)c2c1C(=O)NCC1(CCOCC1)C2. The molecule has 4 heterocycles. The quantitative estimate of drug-likeness (QED) is 0.519. The van der Waals surface area contributed by atoms with Crippen LogP contribution in [-0.2, 0) is 28.9 Å². The molecule has 1 spiro atoms. The van der Waals surface area contributed by atoms with Crippen LogP contribution in [0.5, 0.6) is 0 Å². The van der Waals surface area contributed by atoms with Gasteiger partial charge >= 0.3 is 5.97 Å². The Labute approximate surface area is 187 Å². The fraction of sp³-hybridized carbons (Fsp3) is 0.609. The zero-order valence-corrected chi connectivity index (χ0v) is 18.9. The van der Waals surface area contributed by atoms with Crippen molar-refractivity contribution in [1.82, 2.24) is 25.1 Å². The van der Waals surface area contributed by atoms with Crippen molar-refractivity contribution in [2.24, 2.45) is 5.41 Å². The monoisotopic (exact) mass is 441 g/mol. The number of nitrogens with one attached hydrogen (secondary N) is 1. The topological polar surface area (TPSA) is 108 Å². The van der Waals surface area contributed by atoms with Crippen LogP contribution in [-0.4, -0.2) is 58.0 Å². The molecule has 2 aromatic rings. The van der Waals surface area contributed by atoms with E-state index in [2.05, 4.69) is 15.3 Å². The third kappa shape index (κ3) is 4.82. The van der Waals surface area contributed by atoms with Gasteiger partial charge in [-0.05, 0) is 57.8 Å². The van der Waals surface area contributed by atoms with Crippen LogP contribution >= 0.6 is 0 Å². The van der Waals surface area contributed by atoms with Crippen molar-refractivity contribution in [3.05, 3.63) is 40.7 Å². The largest absolute Gasteiger partial charge is 0.462 e. The Kier molecular flexibility index (Phi) is 6.83. The van der Waals surface area contributed by atoms with Gasteiger partial charge in [0.05, 0.1) is 17.9 Å². The number of rotatable bonds is 7. The van der Waals surface area contributed by atoms with E-state index in [4.69, 9.17) is 14.6 Å². The van der Waals surface area contributed by atoms with E-state index in [1.807, 2.05) is 11.6 Å². The van der Waals surface area contributed by atoms with Crippen molar-refractivity contribution in [2.45, 2.75) is 58.9 Å². The van der Waals surface area contributed by atoms with Crippen LogP contribution in [0.1, 0.15) is 70.5 Å². The van der Waals surface area contributed by atoms with Gasteiger partial charge < -0.3 is 14.8 Å². The van der Waals surface area contributed by atoms with E-state index in [1.54, 1.807) is 6.92 Å². The number of hydrogen-bond donors (Lipinski definition) is 1. The molecule has 9 heteroatoms. The van der Waals surface area contributed by atoms with Gasteiger partial charge in [-0.25, -0.2) is 14.8 Å². The maximum absolute atomic E-state index is 12.9. The van der Waals surface area contributed by atoms with E-state index >= 15 is 0 Å². The van der Waals surface area contributed by atoms with Crippen molar-refractivity contribution >= 4 is 11.9 Å². The second kappa shape index (κ2) is 9.77. The van der Waals surface area contributed by atoms with Gasteiger partial charge in [0, 0.05) is 44.3 Å². The lowest BCUT2D eigenvalue weighted by Gasteiger charge is -2.36. The Morgan fingerprint density at radius 2 is 2.00 bits per heavy atom. The summed E-state index contributed by atoms with van der Waals surface area (Å²) < 4.78 is 12.8. The first-order chi connectivity index (χ1) is 15.5. The summed E-state index contributed by atoms with van der Waals surface area (Å²) in [6.45, 7) is 6.91. The lowest BCUT2D eigenvalue weighted by molar-refractivity contribution is 0.0160. The number of fused-ring (bicyclic) bond motifs is 1. The van der Waals surface area contributed by atoms with E-state index < -0.39 is 5.97 Å². The average molecular weight is 442 g/mol. The Hall–Kier alpha value is -2.81. The molecule has 172 valence electrons. The number of amides is 1. The summed E-state index contributed by atoms with van der Waals surface area (Å²) >= 11 is 0. The highest BCUT2D eigenvalue weighted by Crippen LogP contribution is 2.37. The molecule has 1 N–H and O–H groups in total. The van der Waals surface area contributed by atoms with E-state index in [0.29, 0.717) is 36.8 Å². The molecule has 4 rings (SSSR count). The summed E-state index contributed by atoms with van der Waals surface area (Å²) in [5, 5.41) is 7.90. The third-order valence-electron chi connectivity index (χ3n) is 6.44. The molecule has 0 radical (unpaired) electrons. The fourth-order valence-electron chi connectivity index (χ4n) is 4.51. The molecule has 2 aliphatic heterocycles. The number of aryl methyl sites for hydroxylation is 3. The van der Waals surface area contributed by atoms with Gasteiger partial charge in [0.15, 0.2) is 0 Å². The molecule has 0 bridgehead atoms. The van der Waals surface area contributed by atoms with Gasteiger partial charge in [0.2, 0.25) is 0 Å². The van der Waals surface area contributed by atoms with Crippen LogP contribution in [0.4, 0.5) is 0 Å². The minimum absolute atomic E-state index is 0.0294. The van der Waals surface area contributed by atoms with E-state index in [9.17, 15) is 9.59 Å². The van der Waals surface area contributed by atoms with Crippen LogP contribution in [0.3, 0.4) is 0 Å². The first kappa shape index (κ1) is 22.4. The molecule has 1 amide bonds. The number of esters is 1. The molecule has 1 fully saturated rings. The predicted octanol–water partition coefficient (Wildman–Crippen LogP) is 2.26. The zero-order chi connectivity index (χ0) is 22.6. The number of hydrogen-bond acceptors (Lipinski definition) is 7. The Balaban J connectivity index is 1.38. The molecule has 32 heavy (non-hydrogen) atoms. The van der Waals surface area contributed by atoms with Crippen molar-refractivity contribution in [2.75, 3.05) is 26.4 Å². The highest BCUT2D eigenvalue weighted by atomic mass is 16.5. The van der Waals surface area contributed by atoms with E-state index in [0.717, 1.165) is 63.0 Å². The maximum Gasteiger partial charge on any atom is 0.341 e. The summed E-state index contributed by atoms with van der Waals surface area (Å²) in [6.07, 6.45) is 8.00. The Bertz CT molecular complexity index is 964. The van der Waals surface area contributed by atoms with Gasteiger partial charge in [-0.15, -0.1) is 0 Å². The number of unbranched alkanes of at least 4 members (excludes halogenated alkanes) is 1. The first-order valence-electron chi connectivity index (χ1n) is 11.4. The molecule has 2 aliphatic rings. The van der Waals surface area contributed by atoms with Crippen LogP contribution < -0.4 is 5.32 Å². The molecular formula is C23H31N5O4. The van der Waals surface area contributed by atoms with Gasteiger partial charge in [-0.3, -0.25) is 9.48 Å². The minimum atomic E-state index is -0.410. The molecule has 9 nitrogen and oxygen atoms in total. The van der Waals surface area contributed by atoms with Crippen LogP contribution in [0, 0.1) is 12.3 Å². The van der Waals surface area contributed by atoms with E-state index in [1.165, 1.54) is 12.4 Å². The highest BCUT2D eigenvalue weighted by molar-refractivity contribution is 5.94. The number of aromatic nitrogens is 4. The Morgan fingerprint density at radius 1 is 1.25 bits per heavy atom. The summed E-state index contributed by atoms with van der Waals surface area (Å²) in [5.74, 6) is 0.175. The lowest BCUT2D eigenvalue weighted by Crippen LogP contribution is -2.40. The number of nitrogens with zero attached hydrogens (tertiary/aromatic N) is 4. The van der Waals surface area contributed by atoms with Crippen molar-refractivity contribution in [3.8, 4) is 0 Å². The van der Waals surface area contributed by atoms with Gasteiger partial charge in [0.25, 0.3) is 5.91 Å². The molecule has 2 aromatic heterocycles. The van der Waals surface area contributed by atoms with E-state index in [-0.39, 0.29) is 11.3 Å². The Morgan fingerprint density at radius 3 is 2.72 bits per heavy atom. The summed E-state index contributed by atoms with van der Waals surface area (Å²) in [5.41, 5.74) is 3.17. The molecule has 0 saturated carbocycles. The predicted molar refractivity (Wildman–Crippen MR) is 116 cm³/mol. The molecular weight excluding hydrogens is 410 g/mol. The molecule has 0 aliphatic carbocycles. The third-order valence-corrected chi connectivity index (χ3v) is 6.44. The number of carbonyl (C=O) groups is 2. The summed E-state index contributed by atoms with van der Waals surface area (Å²) in [4.78, 5) is 33.0. The highest BCUT2D eigenvalue weighted by Gasteiger charge is 2.39. The standard InChI is InChI=1S/C23H31N5O4/c1-3-28-20-18(12-23(15-26-21(20)29)7-10-31-11-8-23)19(27-28)6-4-5-9-32-22(30)17-13-24-16(2)25-14-17/h13-14H,3-12,15H2,1-2H3,(H,26,29). The fourth-order valence-corrected chi connectivity index (χ4v) is 4.51. The maximum atomic E-state index is 12.9. The van der Waals surface area contributed by atoms with Gasteiger partial charge in [0.1, 0.15) is 11.5 Å². The van der Waals surface area contributed by atoms with Crippen molar-refractivity contribution in [1.29, 1.82) is 0 Å². The molecule has 1 saturated heterocycles. The lowest BCUT2D eigenvalue weighted by atomic mass is 9.75. The van der Waals surface area contributed by atoms with Crippen LogP contribution in [0.15, 0.2) is 12.4 Å². The summed E-state index contributed by atoms with van der Waals surface area (Å²) in [7, 11) is 0.